The van der Waals surface area contributed by atoms with E-state index < -0.39 is 0 Å². The molecule has 3 aromatic rings. The number of hydrogen-bond acceptors (Lipinski definition) is 5. The minimum absolute atomic E-state index is 0.479. The van der Waals surface area contributed by atoms with Gasteiger partial charge in [-0.25, -0.2) is 9.97 Å². The SMILES string of the molecule is Cc1cc(-c2cnc(N)c(-c3ccc(N)cc3)c2)cc(N)n1. The first kappa shape index (κ1) is 13.9. The van der Waals surface area contributed by atoms with Gasteiger partial charge < -0.3 is 17.2 Å². The van der Waals surface area contributed by atoms with E-state index in [-0.39, 0.29) is 0 Å². The van der Waals surface area contributed by atoms with E-state index in [1.807, 2.05) is 49.4 Å². The lowest BCUT2D eigenvalue weighted by Crippen LogP contribution is -1.97. The third-order valence-electron chi connectivity index (χ3n) is 3.45. The van der Waals surface area contributed by atoms with Crippen LogP contribution >= 0.6 is 0 Å². The summed E-state index contributed by atoms with van der Waals surface area (Å²) in [5.74, 6) is 0.966. The number of aryl methyl sites for hydroxylation is 1. The van der Waals surface area contributed by atoms with E-state index in [1.165, 1.54) is 0 Å². The molecule has 0 saturated heterocycles. The lowest BCUT2D eigenvalue weighted by atomic mass is 10.0. The first-order valence-corrected chi connectivity index (χ1v) is 6.89. The molecule has 0 fully saturated rings. The zero-order valence-corrected chi connectivity index (χ0v) is 12.2. The average Bonchev–Trinajstić information content (AvgIpc) is 2.48. The van der Waals surface area contributed by atoms with Crippen molar-refractivity contribution in [3.8, 4) is 22.3 Å². The molecule has 110 valence electrons. The van der Waals surface area contributed by atoms with Gasteiger partial charge in [0.25, 0.3) is 0 Å². The molecule has 6 N–H and O–H groups in total. The zero-order valence-electron chi connectivity index (χ0n) is 12.2. The first-order chi connectivity index (χ1) is 10.5. The minimum Gasteiger partial charge on any atom is -0.399 e. The molecule has 0 aliphatic heterocycles. The monoisotopic (exact) mass is 291 g/mol. The lowest BCUT2D eigenvalue weighted by Gasteiger charge is -2.10. The van der Waals surface area contributed by atoms with E-state index >= 15 is 0 Å². The van der Waals surface area contributed by atoms with Crippen molar-refractivity contribution in [2.24, 2.45) is 0 Å². The summed E-state index contributed by atoms with van der Waals surface area (Å²) in [6.45, 7) is 1.91. The van der Waals surface area contributed by atoms with E-state index in [1.54, 1.807) is 6.20 Å². The molecule has 2 heterocycles. The maximum atomic E-state index is 6.02. The molecule has 0 unspecified atom stereocenters. The van der Waals surface area contributed by atoms with Gasteiger partial charge >= 0.3 is 0 Å². The van der Waals surface area contributed by atoms with Crippen LogP contribution in [0.25, 0.3) is 22.3 Å². The Balaban J connectivity index is 2.11. The van der Waals surface area contributed by atoms with Crippen LogP contribution in [0.1, 0.15) is 5.69 Å². The zero-order chi connectivity index (χ0) is 15.7. The molecule has 0 atom stereocenters. The van der Waals surface area contributed by atoms with Crippen LogP contribution in [0.4, 0.5) is 17.3 Å². The Labute approximate surface area is 128 Å². The summed E-state index contributed by atoms with van der Waals surface area (Å²) in [7, 11) is 0. The number of pyridine rings is 2. The van der Waals surface area contributed by atoms with E-state index in [2.05, 4.69) is 9.97 Å². The van der Waals surface area contributed by atoms with Crippen LogP contribution in [0.2, 0.25) is 0 Å². The van der Waals surface area contributed by atoms with Crippen molar-refractivity contribution >= 4 is 17.3 Å². The second-order valence-electron chi connectivity index (χ2n) is 5.20. The summed E-state index contributed by atoms with van der Waals surface area (Å²) >= 11 is 0. The number of anilines is 3. The molecule has 0 spiro atoms. The van der Waals surface area contributed by atoms with Gasteiger partial charge in [-0.3, -0.25) is 0 Å². The molecule has 0 saturated carbocycles. The van der Waals surface area contributed by atoms with Crippen molar-refractivity contribution in [3.63, 3.8) is 0 Å². The molecule has 22 heavy (non-hydrogen) atoms. The number of hydrogen-bond donors (Lipinski definition) is 3. The summed E-state index contributed by atoms with van der Waals surface area (Å²) < 4.78 is 0. The van der Waals surface area contributed by atoms with Crippen molar-refractivity contribution in [3.05, 3.63) is 54.4 Å². The fourth-order valence-electron chi connectivity index (χ4n) is 2.39. The number of nitrogens with zero attached hydrogens (tertiary/aromatic N) is 2. The van der Waals surface area contributed by atoms with Crippen LogP contribution in [0, 0.1) is 6.92 Å². The second-order valence-corrected chi connectivity index (χ2v) is 5.20. The third-order valence-corrected chi connectivity index (χ3v) is 3.45. The first-order valence-electron chi connectivity index (χ1n) is 6.89. The fraction of sp³-hybridized carbons (Fsp3) is 0.0588. The Morgan fingerprint density at radius 3 is 2.23 bits per heavy atom. The third kappa shape index (κ3) is 2.69. The van der Waals surface area contributed by atoms with Crippen LogP contribution in [0.5, 0.6) is 0 Å². The van der Waals surface area contributed by atoms with Crippen molar-refractivity contribution in [2.45, 2.75) is 6.92 Å². The Kier molecular flexibility index (Phi) is 3.39. The summed E-state index contributed by atoms with van der Waals surface area (Å²) in [6, 6.07) is 13.3. The van der Waals surface area contributed by atoms with Gasteiger partial charge in [0.15, 0.2) is 0 Å². The average molecular weight is 291 g/mol. The Hall–Kier alpha value is -3.08. The van der Waals surface area contributed by atoms with E-state index in [0.29, 0.717) is 17.3 Å². The molecule has 0 radical (unpaired) electrons. The Morgan fingerprint density at radius 2 is 1.55 bits per heavy atom. The summed E-state index contributed by atoms with van der Waals surface area (Å²) in [5.41, 5.74) is 22.9. The molecule has 3 rings (SSSR count). The Morgan fingerprint density at radius 1 is 0.818 bits per heavy atom. The van der Waals surface area contributed by atoms with Crippen LogP contribution in [-0.2, 0) is 0 Å². The molecule has 1 aromatic carbocycles. The molecule has 2 aromatic heterocycles. The van der Waals surface area contributed by atoms with Crippen LogP contribution in [-0.4, -0.2) is 9.97 Å². The van der Waals surface area contributed by atoms with Gasteiger partial charge in [0, 0.05) is 28.7 Å². The lowest BCUT2D eigenvalue weighted by molar-refractivity contribution is 1.21. The highest BCUT2D eigenvalue weighted by Crippen LogP contribution is 2.30. The molecular weight excluding hydrogens is 274 g/mol. The number of nitrogen functional groups attached to an aromatic ring is 3. The summed E-state index contributed by atoms with van der Waals surface area (Å²) in [6.07, 6.45) is 1.74. The van der Waals surface area contributed by atoms with Crippen LogP contribution in [0.15, 0.2) is 48.7 Å². The van der Waals surface area contributed by atoms with Crippen LogP contribution in [0.3, 0.4) is 0 Å². The highest BCUT2D eigenvalue weighted by Gasteiger charge is 2.08. The fourth-order valence-corrected chi connectivity index (χ4v) is 2.39. The van der Waals surface area contributed by atoms with Crippen molar-refractivity contribution in [2.75, 3.05) is 17.2 Å². The molecule has 0 amide bonds. The quantitative estimate of drug-likeness (QED) is 0.630. The molecule has 5 heteroatoms. The number of nitrogens with two attached hydrogens (primary N) is 3. The van der Waals surface area contributed by atoms with Gasteiger partial charge in [-0.05, 0) is 48.4 Å². The largest absolute Gasteiger partial charge is 0.399 e. The molecule has 0 bridgehead atoms. The van der Waals surface area contributed by atoms with Gasteiger partial charge in [-0.15, -0.1) is 0 Å². The van der Waals surface area contributed by atoms with E-state index in [0.717, 1.165) is 27.9 Å². The normalized spacial score (nSPS) is 10.6. The van der Waals surface area contributed by atoms with Gasteiger partial charge in [0.1, 0.15) is 11.6 Å². The number of rotatable bonds is 2. The number of benzene rings is 1. The van der Waals surface area contributed by atoms with Crippen molar-refractivity contribution in [1.29, 1.82) is 0 Å². The van der Waals surface area contributed by atoms with Gasteiger partial charge in [0.05, 0.1) is 0 Å². The van der Waals surface area contributed by atoms with Gasteiger partial charge in [-0.2, -0.15) is 0 Å². The standard InChI is InChI=1S/C17H17N5/c1-10-6-12(8-16(19)22-10)13-7-15(17(20)21-9-13)11-2-4-14(18)5-3-11/h2-9H,18H2,1H3,(H2,19,22)(H2,20,21). The topological polar surface area (TPSA) is 104 Å². The molecular formula is C17H17N5. The molecule has 5 nitrogen and oxygen atoms in total. The van der Waals surface area contributed by atoms with E-state index in [4.69, 9.17) is 17.2 Å². The molecule has 0 aliphatic rings. The van der Waals surface area contributed by atoms with Gasteiger partial charge in [-0.1, -0.05) is 12.1 Å². The summed E-state index contributed by atoms with van der Waals surface area (Å²) in [5, 5.41) is 0. The maximum Gasteiger partial charge on any atom is 0.131 e. The highest BCUT2D eigenvalue weighted by molar-refractivity contribution is 5.80. The minimum atomic E-state index is 0.479. The molecule has 0 aliphatic carbocycles. The highest BCUT2D eigenvalue weighted by atomic mass is 14.8. The van der Waals surface area contributed by atoms with E-state index in [9.17, 15) is 0 Å². The summed E-state index contributed by atoms with van der Waals surface area (Å²) in [4.78, 5) is 8.49. The Bertz CT molecular complexity index is 805. The smallest absolute Gasteiger partial charge is 0.131 e. The maximum absolute atomic E-state index is 6.02. The van der Waals surface area contributed by atoms with Crippen molar-refractivity contribution < 1.29 is 0 Å². The van der Waals surface area contributed by atoms with Crippen LogP contribution < -0.4 is 17.2 Å². The van der Waals surface area contributed by atoms with Crippen molar-refractivity contribution in [1.82, 2.24) is 9.97 Å². The van der Waals surface area contributed by atoms with Gasteiger partial charge in [0.2, 0.25) is 0 Å². The predicted octanol–water partition coefficient (Wildman–Crippen LogP) is 2.87. The predicted molar refractivity (Wildman–Crippen MR) is 90.9 cm³/mol. The second kappa shape index (κ2) is 5.37. The number of aromatic nitrogens is 2.